The molecule has 0 aromatic heterocycles. The summed E-state index contributed by atoms with van der Waals surface area (Å²) in [5, 5.41) is 3.52. The molecule has 3 nitrogen and oxygen atoms in total. The first-order valence-electron chi connectivity index (χ1n) is 5.67. The average molecular weight is 233 g/mol. The number of ether oxygens (including phenoxy) is 1. The smallest absolute Gasteiger partial charge is 0.0641 e. The molecule has 0 aliphatic carbocycles. The second kappa shape index (κ2) is 5.97. The van der Waals surface area contributed by atoms with Gasteiger partial charge in [0.15, 0.2) is 0 Å². The molecule has 0 aromatic carbocycles. The van der Waals surface area contributed by atoms with Crippen LogP contribution in [0.25, 0.3) is 0 Å². The van der Waals surface area contributed by atoms with E-state index in [0.717, 1.165) is 38.2 Å². The van der Waals surface area contributed by atoms with E-state index in [4.69, 9.17) is 4.74 Å². The summed E-state index contributed by atoms with van der Waals surface area (Å²) in [6, 6.07) is 0.569. The van der Waals surface area contributed by atoms with Gasteiger partial charge < -0.3 is 10.1 Å². The Labute approximate surface area is 95.4 Å². The molecule has 1 fully saturated rings. The molecule has 4 heteroatoms. The van der Waals surface area contributed by atoms with Gasteiger partial charge >= 0.3 is 0 Å². The summed E-state index contributed by atoms with van der Waals surface area (Å²) < 4.78 is 16.5. The van der Waals surface area contributed by atoms with Gasteiger partial charge in [-0.3, -0.25) is 4.21 Å². The van der Waals surface area contributed by atoms with Gasteiger partial charge in [0.25, 0.3) is 0 Å². The highest BCUT2D eigenvalue weighted by Crippen LogP contribution is 2.23. The number of rotatable bonds is 5. The Balaban J connectivity index is 2.13. The molecule has 0 aromatic rings. The molecule has 0 spiro atoms. The van der Waals surface area contributed by atoms with Crippen molar-refractivity contribution in [2.75, 3.05) is 25.2 Å². The molecule has 2 unspecified atom stereocenters. The van der Waals surface area contributed by atoms with Crippen molar-refractivity contribution in [2.45, 2.75) is 44.8 Å². The number of nitrogens with one attached hydrogen (secondary N) is 1. The SMILES string of the molecule is CS(=O)CCCNC1CCOC(C)(C)C1. The van der Waals surface area contributed by atoms with Crippen LogP contribution in [0.1, 0.15) is 33.1 Å². The minimum Gasteiger partial charge on any atom is -0.375 e. The Morgan fingerprint density at radius 2 is 2.27 bits per heavy atom. The number of hydrogen-bond donors (Lipinski definition) is 1. The second-order valence-electron chi connectivity index (χ2n) is 4.88. The van der Waals surface area contributed by atoms with Crippen molar-refractivity contribution in [3.8, 4) is 0 Å². The average Bonchev–Trinajstić information content (AvgIpc) is 2.10. The van der Waals surface area contributed by atoms with Crippen molar-refractivity contribution in [2.24, 2.45) is 0 Å². The summed E-state index contributed by atoms with van der Waals surface area (Å²) in [7, 11) is -0.652. The molecule has 1 saturated heterocycles. The van der Waals surface area contributed by atoms with Crippen molar-refractivity contribution in [1.82, 2.24) is 5.32 Å². The lowest BCUT2D eigenvalue weighted by Gasteiger charge is -2.36. The Kier molecular flexibility index (Phi) is 5.23. The predicted octanol–water partition coefficient (Wildman–Crippen LogP) is 1.30. The van der Waals surface area contributed by atoms with Gasteiger partial charge in [-0.15, -0.1) is 0 Å². The molecule has 0 amide bonds. The molecule has 0 saturated carbocycles. The van der Waals surface area contributed by atoms with E-state index in [1.165, 1.54) is 0 Å². The Hall–Kier alpha value is 0.0700. The molecule has 0 bridgehead atoms. The molecule has 0 radical (unpaired) electrons. The number of hydrogen-bond acceptors (Lipinski definition) is 3. The van der Waals surface area contributed by atoms with Crippen LogP contribution in [-0.4, -0.2) is 41.0 Å². The highest BCUT2D eigenvalue weighted by atomic mass is 32.2. The van der Waals surface area contributed by atoms with Gasteiger partial charge in [0.2, 0.25) is 0 Å². The zero-order valence-corrected chi connectivity index (χ0v) is 10.9. The Morgan fingerprint density at radius 3 is 2.87 bits per heavy atom. The lowest BCUT2D eigenvalue weighted by molar-refractivity contribution is -0.0627. The fourth-order valence-corrected chi connectivity index (χ4v) is 2.54. The molecule has 1 rings (SSSR count). The molecule has 90 valence electrons. The molecular formula is C11H23NO2S. The van der Waals surface area contributed by atoms with Crippen molar-refractivity contribution in [3.05, 3.63) is 0 Å². The van der Waals surface area contributed by atoms with Crippen LogP contribution in [0.15, 0.2) is 0 Å². The first kappa shape index (κ1) is 13.1. The second-order valence-corrected chi connectivity index (χ2v) is 6.44. The third kappa shape index (κ3) is 5.64. The van der Waals surface area contributed by atoms with Crippen LogP contribution in [-0.2, 0) is 15.5 Å². The molecule has 1 heterocycles. The highest BCUT2D eigenvalue weighted by Gasteiger charge is 2.28. The normalized spacial score (nSPS) is 27.5. The largest absolute Gasteiger partial charge is 0.375 e. The fraction of sp³-hybridized carbons (Fsp3) is 1.00. The van der Waals surface area contributed by atoms with E-state index in [9.17, 15) is 4.21 Å². The maximum Gasteiger partial charge on any atom is 0.0641 e. The summed E-state index contributed by atoms with van der Waals surface area (Å²) in [6.07, 6.45) is 4.93. The first-order valence-corrected chi connectivity index (χ1v) is 7.40. The van der Waals surface area contributed by atoms with E-state index in [-0.39, 0.29) is 5.60 Å². The van der Waals surface area contributed by atoms with E-state index >= 15 is 0 Å². The van der Waals surface area contributed by atoms with E-state index < -0.39 is 10.8 Å². The van der Waals surface area contributed by atoms with Gasteiger partial charge in [0.1, 0.15) is 0 Å². The van der Waals surface area contributed by atoms with E-state index in [1.54, 1.807) is 6.26 Å². The first-order chi connectivity index (χ1) is 6.99. The zero-order valence-electron chi connectivity index (χ0n) is 10.0. The summed E-state index contributed by atoms with van der Waals surface area (Å²) in [6.45, 7) is 6.11. The van der Waals surface area contributed by atoms with Crippen LogP contribution in [0.3, 0.4) is 0 Å². The lowest BCUT2D eigenvalue weighted by atomic mass is 9.94. The molecule has 15 heavy (non-hydrogen) atoms. The predicted molar refractivity (Wildman–Crippen MR) is 64.6 cm³/mol. The molecular weight excluding hydrogens is 210 g/mol. The van der Waals surface area contributed by atoms with Crippen LogP contribution >= 0.6 is 0 Å². The standard InChI is InChI=1S/C11H23NO2S/c1-11(2)9-10(5-7-14-11)12-6-4-8-15(3)13/h10,12H,4-9H2,1-3H3. The Bertz CT molecular complexity index is 219. The van der Waals surface area contributed by atoms with Crippen LogP contribution in [0, 0.1) is 0 Å². The lowest BCUT2D eigenvalue weighted by Crippen LogP contribution is -2.44. The van der Waals surface area contributed by atoms with Crippen molar-refractivity contribution >= 4 is 10.8 Å². The maximum absolute atomic E-state index is 10.9. The monoisotopic (exact) mass is 233 g/mol. The Morgan fingerprint density at radius 1 is 1.53 bits per heavy atom. The van der Waals surface area contributed by atoms with Gasteiger partial charge in [-0.05, 0) is 39.7 Å². The van der Waals surface area contributed by atoms with Crippen LogP contribution in [0.4, 0.5) is 0 Å². The van der Waals surface area contributed by atoms with Gasteiger partial charge in [0.05, 0.1) is 5.60 Å². The maximum atomic E-state index is 10.9. The summed E-state index contributed by atoms with van der Waals surface area (Å²) in [4.78, 5) is 0. The van der Waals surface area contributed by atoms with Crippen LogP contribution in [0.5, 0.6) is 0 Å². The summed E-state index contributed by atoms with van der Waals surface area (Å²) in [5.74, 6) is 0.805. The third-order valence-electron chi connectivity index (χ3n) is 2.74. The third-order valence-corrected chi connectivity index (χ3v) is 3.60. The van der Waals surface area contributed by atoms with Crippen molar-refractivity contribution < 1.29 is 8.95 Å². The van der Waals surface area contributed by atoms with E-state index in [1.807, 2.05) is 0 Å². The van der Waals surface area contributed by atoms with Crippen LogP contribution < -0.4 is 5.32 Å². The van der Waals surface area contributed by atoms with Crippen molar-refractivity contribution in [3.63, 3.8) is 0 Å². The van der Waals surface area contributed by atoms with E-state index in [0.29, 0.717) is 6.04 Å². The van der Waals surface area contributed by atoms with E-state index in [2.05, 4.69) is 19.2 Å². The van der Waals surface area contributed by atoms with Crippen LogP contribution in [0.2, 0.25) is 0 Å². The molecule has 1 N–H and O–H groups in total. The van der Waals surface area contributed by atoms with Gasteiger partial charge in [-0.2, -0.15) is 0 Å². The molecule has 1 aliphatic heterocycles. The molecule has 1 aliphatic rings. The minimum absolute atomic E-state index is 0.0174. The quantitative estimate of drug-likeness (QED) is 0.728. The summed E-state index contributed by atoms with van der Waals surface area (Å²) >= 11 is 0. The van der Waals surface area contributed by atoms with Gasteiger partial charge in [-0.25, -0.2) is 0 Å². The van der Waals surface area contributed by atoms with Crippen molar-refractivity contribution in [1.29, 1.82) is 0 Å². The summed E-state index contributed by atoms with van der Waals surface area (Å²) in [5.41, 5.74) is 0.0174. The zero-order chi connectivity index (χ0) is 11.3. The topological polar surface area (TPSA) is 38.3 Å². The highest BCUT2D eigenvalue weighted by molar-refractivity contribution is 7.84. The minimum atomic E-state index is -0.652. The van der Waals surface area contributed by atoms with Gasteiger partial charge in [-0.1, -0.05) is 0 Å². The fourth-order valence-electron chi connectivity index (χ4n) is 1.99. The molecule has 2 atom stereocenters. The van der Waals surface area contributed by atoms with Gasteiger partial charge in [0, 0.05) is 35.5 Å².